The van der Waals surface area contributed by atoms with E-state index >= 15 is 0 Å². The minimum Gasteiger partial charge on any atom is -0.391 e. The normalized spacial score (nSPS) is 13.0. The van der Waals surface area contributed by atoms with Crippen molar-refractivity contribution in [3.8, 4) is 0 Å². The van der Waals surface area contributed by atoms with Crippen LogP contribution in [0.15, 0.2) is 29.4 Å². The Morgan fingerprint density at radius 3 is 2.81 bits per heavy atom. The zero-order valence-corrected chi connectivity index (χ0v) is 10.7. The van der Waals surface area contributed by atoms with E-state index < -0.39 is 0 Å². The van der Waals surface area contributed by atoms with Crippen molar-refractivity contribution in [1.29, 1.82) is 0 Å². The summed E-state index contributed by atoms with van der Waals surface area (Å²) in [6.45, 7) is 5.91. The largest absolute Gasteiger partial charge is 0.391 e. The van der Waals surface area contributed by atoms with Crippen molar-refractivity contribution < 1.29 is 5.11 Å². The monoisotopic (exact) mass is 240 g/mol. The maximum atomic E-state index is 9.71. The van der Waals surface area contributed by atoms with Crippen LogP contribution in [-0.2, 0) is 0 Å². The number of aliphatic hydroxyl groups excluding tert-OH is 1. The smallest absolute Gasteiger partial charge is 0.0960 e. The minimum atomic E-state index is -0.314. The van der Waals surface area contributed by atoms with Crippen molar-refractivity contribution >= 4 is 11.8 Å². The Morgan fingerprint density at radius 2 is 2.19 bits per heavy atom. The lowest BCUT2D eigenvalue weighted by Gasteiger charge is -2.12. The highest BCUT2D eigenvalue weighted by molar-refractivity contribution is 7.99. The van der Waals surface area contributed by atoms with Crippen molar-refractivity contribution in [1.82, 2.24) is 10.3 Å². The number of aromatic nitrogens is 1. The van der Waals surface area contributed by atoms with Gasteiger partial charge in [-0.3, -0.25) is 0 Å². The molecule has 1 atom stereocenters. The summed E-state index contributed by atoms with van der Waals surface area (Å²) in [5.74, 6) is 1.30. The van der Waals surface area contributed by atoms with E-state index in [1.807, 2.05) is 18.2 Å². The second-order valence-corrected chi connectivity index (χ2v) is 5.23. The standard InChI is InChI=1S/C12H20N2OS/c1-10(2)7-13-8-11(15)9-16-12-5-3-4-6-14-12/h3-6,10-11,13,15H,7-9H2,1-2H3. The summed E-state index contributed by atoms with van der Waals surface area (Å²) < 4.78 is 0. The van der Waals surface area contributed by atoms with Crippen LogP contribution in [0.4, 0.5) is 0 Å². The minimum absolute atomic E-state index is 0.314. The SMILES string of the molecule is CC(C)CNCC(O)CSc1ccccn1. The Kier molecular flexibility index (Phi) is 6.45. The molecule has 0 radical (unpaired) electrons. The average Bonchev–Trinajstić information content (AvgIpc) is 2.27. The Balaban J connectivity index is 2.13. The maximum absolute atomic E-state index is 9.71. The summed E-state index contributed by atoms with van der Waals surface area (Å²) in [7, 11) is 0. The molecule has 1 unspecified atom stereocenters. The number of nitrogens with one attached hydrogen (secondary N) is 1. The molecule has 0 aliphatic heterocycles. The first-order valence-corrected chi connectivity index (χ1v) is 6.59. The lowest BCUT2D eigenvalue weighted by molar-refractivity contribution is 0.194. The van der Waals surface area contributed by atoms with E-state index in [4.69, 9.17) is 0 Å². The number of rotatable bonds is 7. The van der Waals surface area contributed by atoms with Crippen LogP contribution >= 0.6 is 11.8 Å². The van der Waals surface area contributed by atoms with Crippen LogP contribution in [0.5, 0.6) is 0 Å². The van der Waals surface area contributed by atoms with Crippen LogP contribution in [0, 0.1) is 5.92 Å². The van der Waals surface area contributed by atoms with Crippen LogP contribution in [0.25, 0.3) is 0 Å². The first-order chi connectivity index (χ1) is 7.68. The third kappa shape index (κ3) is 6.10. The number of hydrogen-bond donors (Lipinski definition) is 2. The lowest BCUT2D eigenvalue weighted by atomic mass is 10.2. The molecule has 0 saturated carbocycles. The highest BCUT2D eigenvalue weighted by atomic mass is 32.2. The molecular weight excluding hydrogens is 220 g/mol. The zero-order valence-electron chi connectivity index (χ0n) is 9.89. The van der Waals surface area contributed by atoms with E-state index in [9.17, 15) is 5.11 Å². The van der Waals surface area contributed by atoms with Crippen molar-refractivity contribution in [2.45, 2.75) is 25.0 Å². The van der Waals surface area contributed by atoms with Crippen LogP contribution in [0.1, 0.15) is 13.8 Å². The molecule has 2 N–H and O–H groups in total. The van der Waals surface area contributed by atoms with Crippen molar-refractivity contribution in [3.63, 3.8) is 0 Å². The Bertz CT molecular complexity index is 280. The first kappa shape index (κ1) is 13.5. The van der Waals surface area contributed by atoms with Gasteiger partial charge in [-0.1, -0.05) is 19.9 Å². The van der Waals surface area contributed by atoms with Crippen LogP contribution < -0.4 is 5.32 Å². The van der Waals surface area contributed by atoms with E-state index in [0.717, 1.165) is 11.6 Å². The van der Waals surface area contributed by atoms with Crippen LogP contribution in [0.3, 0.4) is 0 Å². The van der Waals surface area contributed by atoms with Gasteiger partial charge in [0, 0.05) is 18.5 Å². The van der Waals surface area contributed by atoms with E-state index in [1.54, 1.807) is 18.0 Å². The Morgan fingerprint density at radius 1 is 1.38 bits per heavy atom. The van der Waals surface area contributed by atoms with E-state index in [1.165, 1.54) is 0 Å². The van der Waals surface area contributed by atoms with E-state index in [2.05, 4.69) is 24.1 Å². The van der Waals surface area contributed by atoms with Gasteiger partial charge in [0.1, 0.15) is 0 Å². The third-order valence-corrected chi connectivity index (χ3v) is 3.08. The summed E-state index contributed by atoms with van der Waals surface area (Å²) in [5, 5.41) is 13.9. The molecule has 1 rings (SSSR count). The molecule has 1 aromatic heterocycles. The quantitative estimate of drug-likeness (QED) is 0.713. The van der Waals surface area contributed by atoms with Gasteiger partial charge in [0.2, 0.25) is 0 Å². The second-order valence-electron chi connectivity index (χ2n) is 4.18. The van der Waals surface area contributed by atoms with Gasteiger partial charge in [0.15, 0.2) is 0 Å². The fourth-order valence-electron chi connectivity index (χ4n) is 1.21. The number of nitrogens with zero attached hydrogens (tertiary/aromatic N) is 1. The van der Waals surface area contributed by atoms with Gasteiger partial charge in [-0.2, -0.15) is 0 Å². The van der Waals surface area contributed by atoms with Gasteiger partial charge in [0.25, 0.3) is 0 Å². The summed E-state index contributed by atoms with van der Waals surface area (Å²) in [6, 6.07) is 5.81. The van der Waals surface area contributed by atoms with Crippen molar-refractivity contribution in [2.24, 2.45) is 5.92 Å². The van der Waals surface area contributed by atoms with Gasteiger partial charge in [-0.15, -0.1) is 11.8 Å². The number of hydrogen-bond acceptors (Lipinski definition) is 4. The molecule has 0 spiro atoms. The highest BCUT2D eigenvalue weighted by Crippen LogP contribution is 2.14. The molecule has 0 aliphatic carbocycles. The maximum Gasteiger partial charge on any atom is 0.0960 e. The first-order valence-electron chi connectivity index (χ1n) is 5.61. The van der Waals surface area contributed by atoms with Gasteiger partial charge in [-0.05, 0) is 24.6 Å². The molecule has 0 aliphatic rings. The summed E-state index contributed by atoms with van der Waals surface area (Å²) in [4.78, 5) is 4.19. The predicted octanol–water partition coefficient (Wildman–Crippen LogP) is 1.78. The van der Waals surface area contributed by atoms with Crippen LogP contribution in [0.2, 0.25) is 0 Å². The van der Waals surface area contributed by atoms with Gasteiger partial charge < -0.3 is 10.4 Å². The lowest BCUT2D eigenvalue weighted by Crippen LogP contribution is -2.31. The van der Waals surface area contributed by atoms with Gasteiger partial charge >= 0.3 is 0 Å². The molecular formula is C12H20N2OS. The van der Waals surface area contributed by atoms with Gasteiger partial charge in [0.05, 0.1) is 11.1 Å². The third-order valence-electron chi connectivity index (χ3n) is 1.99. The number of thioether (sulfide) groups is 1. The molecule has 3 nitrogen and oxygen atoms in total. The zero-order chi connectivity index (χ0) is 11.8. The molecule has 90 valence electrons. The average molecular weight is 240 g/mol. The molecule has 4 heteroatoms. The molecule has 0 bridgehead atoms. The highest BCUT2D eigenvalue weighted by Gasteiger charge is 2.05. The van der Waals surface area contributed by atoms with Gasteiger partial charge in [-0.25, -0.2) is 4.98 Å². The molecule has 0 saturated heterocycles. The fraction of sp³-hybridized carbons (Fsp3) is 0.583. The molecule has 1 heterocycles. The van der Waals surface area contributed by atoms with Crippen molar-refractivity contribution in [2.75, 3.05) is 18.8 Å². The molecule has 0 amide bonds. The summed E-state index contributed by atoms with van der Waals surface area (Å²) in [6.07, 6.45) is 1.46. The number of aliphatic hydroxyl groups is 1. The topological polar surface area (TPSA) is 45.1 Å². The second kappa shape index (κ2) is 7.65. The number of pyridine rings is 1. The molecule has 0 fully saturated rings. The summed E-state index contributed by atoms with van der Waals surface area (Å²) >= 11 is 1.59. The van der Waals surface area contributed by atoms with Crippen LogP contribution in [-0.4, -0.2) is 35.0 Å². The Hall–Kier alpha value is -0.580. The fourth-order valence-corrected chi connectivity index (χ4v) is 2.00. The molecule has 16 heavy (non-hydrogen) atoms. The predicted molar refractivity (Wildman–Crippen MR) is 68.7 cm³/mol. The molecule has 0 aromatic carbocycles. The van der Waals surface area contributed by atoms with E-state index in [0.29, 0.717) is 18.2 Å². The van der Waals surface area contributed by atoms with E-state index in [-0.39, 0.29) is 6.10 Å². The van der Waals surface area contributed by atoms with Crippen molar-refractivity contribution in [3.05, 3.63) is 24.4 Å². The molecule has 1 aromatic rings. The summed E-state index contributed by atoms with van der Waals surface area (Å²) in [5.41, 5.74) is 0. The Labute approximate surface area is 102 Å².